The first-order valence-electron chi connectivity index (χ1n) is 6.36. The van der Waals surface area contributed by atoms with Gasteiger partial charge in [-0.15, -0.1) is 0 Å². The number of hydrogen-bond acceptors (Lipinski definition) is 3. The highest BCUT2D eigenvalue weighted by molar-refractivity contribution is 5.75. The Kier molecular flexibility index (Phi) is 6.22. The Morgan fingerprint density at radius 2 is 2.00 bits per heavy atom. The molecule has 0 aromatic heterocycles. The molecule has 0 radical (unpaired) electrons. The van der Waals surface area contributed by atoms with Crippen LogP contribution in [0.3, 0.4) is 0 Å². The molecule has 0 unspecified atom stereocenters. The number of nitrogens with zero attached hydrogens (tertiary/aromatic N) is 1. The van der Waals surface area contributed by atoms with Crippen molar-refractivity contribution >= 4 is 5.91 Å². The van der Waals surface area contributed by atoms with Crippen LogP contribution in [0.15, 0.2) is 24.3 Å². The minimum Gasteiger partial charge on any atom is -0.508 e. The molecule has 1 rings (SSSR count). The molecular weight excluding hydrogens is 228 g/mol. The fourth-order valence-corrected chi connectivity index (χ4v) is 1.78. The summed E-state index contributed by atoms with van der Waals surface area (Å²) >= 11 is 0. The van der Waals surface area contributed by atoms with Crippen molar-refractivity contribution in [3.63, 3.8) is 0 Å². The number of nitrogens with two attached hydrogens (primary N) is 1. The number of hydrogen-bond donors (Lipinski definition) is 2. The van der Waals surface area contributed by atoms with E-state index in [-0.39, 0.29) is 11.7 Å². The van der Waals surface area contributed by atoms with Crippen molar-refractivity contribution in [1.82, 2.24) is 4.90 Å². The number of carbonyl (C=O) groups is 1. The van der Waals surface area contributed by atoms with Crippen LogP contribution in [-0.4, -0.2) is 29.5 Å². The normalized spacial score (nSPS) is 10.3. The van der Waals surface area contributed by atoms with Gasteiger partial charge in [-0.1, -0.05) is 24.6 Å². The third-order valence-corrected chi connectivity index (χ3v) is 2.92. The number of aromatic hydroxyl groups is 1. The SMILES string of the molecule is CN(Cc1ccccc1O)C(=O)CCCCCN. The highest BCUT2D eigenvalue weighted by Gasteiger charge is 2.10. The Labute approximate surface area is 108 Å². The van der Waals surface area contributed by atoms with Crippen LogP contribution in [0.1, 0.15) is 31.2 Å². The Balaban J connectivity index is 2.38. The van der Waals surface area contributed by atoms with Crippen molar-refractivity contribution in [2.24, 2.45) is 5.73 Å². The van der Waals surface area contributed by atoms with Crippen LogP contribution >= 0.6 is 0 Å². The predicted molar refractivity (Wildman–Crippen MR) is 72.1 cm³/mol. The second-order valence-electron chi connectivity index (χ2n) is 4.48. The topological polar surface area (TPSA) is 66.6 Å². The number of para-hydroxylation sites is 1. The minimum absolute atomic E-state index is 0.107. The highest BCUT2D eigenvalue weighted by Crippen LogP contribution is 2.17. The molecule has 18 heavy (non-hydrogen) atoms. The van der Waals surface area contributed by atoms with E-state index in [2.05, 4.69) is 0 Å². The van der Waals surface area contributed by atoms with Crippen molar-refractivity contribution in [1.29, 1.82) is 0 Å². The Bertz CT molecular complexity index is 380. The molecule has 3 N–H and O–H groups in total. The van der Waals surface area contributed by atoms with Crippen LogP contribution in [0.25, 0.3) is 0 Å². The van der Waals surface area contributed by atoms with Crippen molar-refractivity contribution in [2.45, 2.75) is 32.2 Å². The first-order chi connectivity index (χ1) is 8.65. The van der Waals surface area contributed by atoms with Gasteiger partial charge in [-0.25, -0.2) is 0 Å². The lowest BCUT2D eigenvalue weighted by atomic mass is 10.1. The zero-order valence-electron chi connectivity index (χ0n) is 10.9. The van der Waals surface area contributed by atoms with Gasteiger partial charge >= 0.3 is 0 Å². The summed E-state index contributed by atoms with van der Waals surface area (Å²) in [5.41, 5.74) is 6.17. The number of benzene rings is 1. The standard InChI is InChI=1S/C14H22N2O2/c1-16(14(18)9-3-2-6-10-15)11-12-7-4-5-8-13(12)17/h4-5,7-8,17H,2-3,6,9-11,15H2,1H3. The van der Waals surface area contributed by atoms with Crippen molar-refractivity contribution in [3.05, 3.63) is 29.8 Å². The van der Waals surface area contributed by atoms with Crippen molar-refractivity contribution in [3.8, 4) is 5.75 Å². The van der Waals surface area contributed by atoms with E-state index in [1.54, 1.807) is 24.1 Å². The first kappa shape index (κ1) is 14.5. The molecule has 0 saturated carbocycles. The molecule has 0 spiro atoms. The first-order valence-corrected chi connectivity index (χ1v) is 6.36. The highest BCUT2D eigenvalue weighted by atomic mass is 16.3. The van der Waals surface area contributed by atoms with Crippen molar-refractivity contribution < 1.29 is 9.90 Å². The molecule has 0 aliphatic heterocycles. The molecule has 100 valence electrons. The molecule has 1 amide bonds. The van der Waals surface area contributed by atoms with E-state index in [1.165, 1.54) is 0 Å². The lowest BCUT2D eigenvalue weighted by Gasteiger charge is -2.17. The molecule has 4 heteroatoms. The van der Waals surface area contributed by atoms with Gasteiger partial charge in [0.25, 0.3) is 0 Å². The van der Waals surface area contributed by atoms with Gasteiger partial charge in [0.05, 0.1) is 0 Å². The van der Waals surface area contributed by atoms with Crippen LogP contribution in [0.2, 0.25) is 0 Å². The van der Waals surface area contributed by atoms with Gasteiger partial charge in [-0.05, 0) is 25.5 Å². The van der Waals surface area contributed by atoms with Gasteiger partial charge in [-0.2, -0.15) is 0 Å². The van der Waals surface area contributed by atoms with Crippen LogP contribution in [0, 0.1) is 0 Å². The van der Waals surface area contributed by atoms with E-state index in [1.807, 2.05) is 12.1 Å². The monoisotopic (exact) mass is 250 g/mol. The number of rotatable bonds is 7. The summed E-state index contributed by atoms with van der Waals surface area (Å²) in [4.78, 5) is 13.5. The predicted octanol–water partition coefficient (Wildman–Crippen LogP) is 1.87. The molecule has 1 aromatic rings. The van der Waals surface area contributed by atoms with Gasteiger partial charge in [-0.3, -0.25) is 4.79 Å². The fraction of sp³-hybridized carbons (Fsp3) is 0.500. The maximum Gasteiger partial charge on any atom is 0.222 e. The number of amides is 1. The Morgan fingerprint density at radius 1 is 1.28 bits per heavy atom. The Hall–Kier alpha value is -1.55. The van der Waals surface area contributed by atoms with Gasteiger partial charge in [0.15, 0.2) is 0 Å². The van der Waals surface area contributed by atoms with E-state index in [0.717, 1.165) is 24.8 Å². The number of carbonyl (C=O) groups excluding carboxylic acids is 1. The van der Waals surface area contributed by atoms with Crippen LogP contribution in [-0.2, 0) is 11.3 Å². The van der Waals surface area contributed by atoms with Crippen LogP contribution in [0.5, 0.6) is 5.75 Å². The molecule has 0 fully saturated rings. The molecule has 0 aliphatic carbocycles. The lowest BCUT2D eigenvalue weighted by Crippen LogP contribution is -2.25. The second kappa shape index (κ2) is 7.71. The van der Waals surface area contributed by atoms with Gasteiger partial charge in [0.2, 0.25) is 5.91 Å². The second-order valence-corrected chi connectivity index (χ2v) is 4.48. The summed E-state index contributed by atoms with van der Waals surface area (Å²) in [6, 6.07) is 7.09. The third-order valence-electron chi connectivity index (χ3n) is 2.92. The molecule has 0 bridgehead atoms. The molecule has 0 saturated heterocycles. The average Bonchev–Trinajstić information content (AvgIpc) is 2.37. The van der Waals surface area contributed by atoms with Crippen LogP contribution in [0.4, 0.5) is 0 Å². The van der Waals surface area contributed by atoms with E-state index in [0.29, 0.717) is 19.5 Å². The average molecular weight is 250 g/mol. The fourth-order valence-electron chi connectivity index (χ4n) is 1.78. The van der Waals surface area contributed by atoms with Crippen molar-refractivity contribution in [2.75, 3.05) is 13.6 Å². The van der Waals surface area contributed by atoms with Crippen LogP contribution < -0.4 is 5.73 Å². The quantitative estimate of drug-likeness (QED) is 0.726. The van der Waals surface area contributed by atoms with E-state index in [4.69, 9.17) is 5.73 Å². The Morgan fingerprint density at radius 3 is 2.67 bits per heavy atom. The molecule has 4 nitrogen and oxygen atoms in total. The molecule has 1 aromatic carbocycles. The summed E-state index contributed by atoms with van der Waals surface area (Å²) in [5, 5.41) is 9.64. The number of phenols is 1. The smallest absolute Gasteiger partial charge is 0.222 e. The summed E-state index contributed by atoms with van der Waals surface area (Å²) in [7, 11) is 1.76. The van der Waals surface area contributed by atoms with Gasteiger partial charge in [0.1, 0.15) is 5.75 Å². The zero-order valence-corrected chi connectivity index (χ0v) is 10.9. The molecule has 0 heterocycles. The molecule has 0 aliphatic rings. The maximum atomic E-state index is 11.8. The van der Waals surface area contributed by atoms with E-state index < -0.39 is 0 Å². The maximum absolute atomic E-state index is 11.8. The molecule has 0 atom stereocenters. The number of unbranched alkanes of at least 4 members (excludes halogenated alkanes) is 2. The van der Waals surface area contributed by atoms with Gasteiger partial charge < -0.3 is 15.7 Å². The summed E-state index contributed by atoms with van der Waals surface area (Å²) < 4.78 is 0. The third kappa shape index (κ3) is 4.75. The summed E-state index contributed by atoms with van der Waals surface area (Å²) in [6.45, 7) is 1.13. The lowest BCUT2D eigenvalue weighted by molar-refractivity contribution is -0.130. The van der Waals surface area contributed by atoms with E-state index in [9.17, 15) is 9.90 Å². The van der Waals surface area contributed by atoms with E-state index >= 15 is 0 Å². The minimum atomic E-state index is 0.107. The number of phenolic OH excluding ortho intramolecular Hbond substituents is 1. The largest absolute Gasteiger partial charge is 0.508 e. The summed E-state index contributed by atoms with van der Waals surface area (Å²) in [5.74, 6) is 0.343. The summed E-state index contributed by atoms with van der Waals surface area (Å²) in [6.07, 6.45) is 3.38. The zero-order chi connectivity index (χ0) is 13.4. The van der Waals surface area contributed by atoms with Gasteiger partial charge in [0, 0.05) is 25.6 Å². The molecular formula is C14H22N2O2.